The molecule has 1 aromatic rings. The molecular formula is C10H15ClN2O. The SMILES string of the molecule is CN(N)C[C@@](C)(O)c1ccccc1Cl. The number of hydrogen-bond acceptors (Lipinski definition) is 3. The van der Waals surface area contributed by atoms with Crippen LogP contribution in [-0.2, 0) is 5.60 Å². The second-order valence-corrected chi connectivity index (χ2v) is 4.08. The first-order chi connectivity index (χ1) is 6.43. The Hall–Kier alpha value is -0.610. The quantitative estimate of drug-likeness (QED) is 0.590. The van der Waals surface area contributed by atoms with Gasteiger partial charge in [0.25, 0.3) is 0 Å². The van der Waals surface area contributed by atoms with E-state index in [-0.39, 0.29) is 0 Å². The zero-order chi connectivity index (χ0) is 10.8. The summed E-state index contributed by atoms with van der Waals surface area (Å²) in [5.41, 5.74) is -0.332. The molecule has 0 heterocycles. The lowest BCUT2D eigenvalue weighted by Crippen LogP contribution is -2.40. The molecule has 0 fully saturated rings. The van der Waals surface area contributed by atoms with Crippen molar-refractivity contribution in [3.05, 3.63) is 34.9 Å². The number of nitrogens with two attached hydrogens (primary N) is 1. The maximum Gasteiger partial charge on any atom is 0.102 e. The van der Waals surface area contributed by atoms with E-state index >= 15 is 0 Å². The van der Waals surface area contributed by atoms with Gasteiger partial charge in [0.2, 0.25) is 0 Å². The molecule has 0 spiro atoms. The van der Waals surface area contributed by atoms with Gasteiger partial charge in [0, 0.05) is 24.2 Å². The number of nitrogens with zero attached hydrogens (tertiary/aromatic N) is 1. The highest BCUT2D eigenvalue weighted by Crippen LogP contribution is 2.27. The summed E-state index contributed by atoms with van der Waals surface area (Å²) in [5.74, 6) is 5.50. The number of rotatable bonds is 3. The molecule has 0 radical (unpaired) electrons. The van der Waals surface area contributed by atoms with Crippen molar-refractivity contribution in [1.29, 1.82) is 0 Å². The third kappa shape index (κ3) is 2.69. The van der Waals surface area contributed by atoms with Crippen LogP contribution in [0.1, 0.15) is 12.5 Å². The highest BCUT2D eigenvalue weighted by atomic mass is 35.5. The van der Waals surface area contributed by atoms with Gasteiger partial charge in [-0.25, -0.2) is 5.01 Å². The Bertz CT molecular complexity index is 313. The summed E-state index contributed by atoms with van der Waals surface area (Å²) in [5, 5.41) is 12.1. The fraction of sp³-hybridized carbons (Fsp3) is 0.400. The van der Waals surface area contributed by atoms with Gasteiger partial charge in [-0.3, -0.25) is 5.84 Å². The van der Waals surface area contributed by atoms with E-state index in [1.807, 2.05) is 12.1 Å². The fourth-order valence-corrected chi connectivity index (χ4v) is 1.81. The van der Waals surface area contributed by atoms with Gasteiger partial charge >= 0.3 is 0 Å². The largest absolute Gasteiger partial charge is 0.384 e. The second kappa shape index (κ2) is 4.28. The van der Waals surface area contributed by atoms with Gasteiger partial charge in [-0.1, -0.05) is 29.8 Å². The molecule has 78 valence electrons. The molecule has 0 aliphatic rings. The standard InChI is InChI=1S/C10H15ClN2O/c1-10(14,7-13(2)12)8-5-3-4-6-9(8)11/h3-6,14H,7,12H2,1-2H3/t10-/m1/s1. The molecule has 4 heteroatoms. The number of likely N-dealkylation sites (N-methyl/N-ethyl adjacent to an activating group) is 1. The van der Waals surface area contributed by atoms with Crippen molar-refractivity contribution in [3.8, 4) is 0 Å². The first-order valence-corrected chi connectivity index (χ1v) is 4.74. The Balaban J connectivity index is 2.97. The minimum absolute atomic E-state index is 0.330. The summed E-state index contributed by atoms with van der Waals surface area (Å²) in [6.07, 6.45) is 0. The maximum atomic E-state index is 10.1. The monoisotopic (exact) mass is 214 g/mol. The summed E-state index contributed by atoms with van der Waals surface area (Å²) in [6.45, 7) is 2.02. The Morgan fingerprint density at radius 3 is 2.57 bits per heavy atom. The lowest BCUT2D eigenvalue weighted by atomic mass is 9.96. The average molecular weight is 215 g/mol. The molecule has 0 aliphatic heterocycles. The highest BCUT2D eigenvalue weighted by Gasteiger charge is 2.26. The summed E-state index contributed by atoms with van der Waals surface area (Å²) < 4.78 is 0. The molecule has 0 saturated carbocycles. The van der Waals surface area contributed by atoms with Gasteiger partial charge in [-0.2, -0.15) is 0 Å². The number of hydrazine groups is 1. The summed E-state index contributed by atoms with van der Waals surface area (Å²) >= 11 is 5.97. The first kappa shape index (κ1) is 11.5. The van der Waals surface area contributed by atoms with Crippen molar-refractivity contribution in [3.63, 3.8) is 0 Å². The molecule has 0 aliphatic carbocycles. The molecule has 0 aromatic heterocycles. The van der Waals surface area contributed by atoms with E-state index in [2.05, 4.69) is 0 Å². The number of benzene rings is 1. The van der Waals surface area contributed by atoms with E-state index in [0.29, 0.717) is 17.1 Å². The zero-order valence-corrected chi connectivity index (χ0v) is 9.12. The third-order valence-corrected chi connectivity index (χ3v) is 2.34. The Morgan fingerprint density at radius 2 is 2.07 bits per heavy atom. The van der Waals surface area contributed by atoms with Crippen molar-refractivity contribution in [2.45, 2.75) is 12.5 Å². The summed E-state index contributed by atoms with van der Waals surface area (Å²) in [6, 6.07) is 7.22. The van der Waals surface area contributed by atoms with Crippen LogP contribution in [0.15, 0.2) is 24.3 Å². The normalized spacial score (nSPS) is 15.6. The van der Waals surface area contributed by atoms with E-state index in [1.54, 1.807) is 26.1 Å². The van der Waals surface area contributed by atoms with Crippen LogP contribution in [0, 0.1) is 0 Å². The predicted molar refractivity (Wildman–Crippen MR) is 57.8 cm³/mol. The van der Waals surface area contributed by atoms with Crippen molar-refractivity contribution in [2.24, 2.45) is 5.84 Å². The highest BCUT2D eigenvalue weighted by molar-refractivity contribution is 6.31. The van der Waals surface area contributed by atoms with Crippen LogP contribution in [0.3, 0.4) is 0 Å². The number of hydrogen-bond donors (Lipinski definition) is 2. The number of halogens is 1. The van der Waals surface area contributed by atoms with Gasteiger partial charge in [-0.05, 0) is 13.0 Å². The van der Waals surface area contributed by atoms with Crippen LogP contribution in [0.25, 0.3) is 0 Å². The van der Waals surface area contributed by atoms with Crippen LogP contribution >= 0.6 is 11.6 Å². The van der Waals surface area contributed by atoms with Gasteiger partial charge in [0.15, 0.2) is 0 Å². The molecule has 0 bridgehead atoms. The molecule has 3 N–H and O–H groups in total. The fourth-order valence-electron chi connectivity index (χ4n) is 1.47. The first-order valence-electron chi connectivity index (χ1n) is 4.37. The second-order valence-electron chi connectivity index (χ2n) is 3.67. The average Bonchev–Trinajstić information content (AvgIpc) is 2.02. The predicted octanol–water partition coefficient (Wildman–Crippen LogP) is 1.35. The summed E-state index contributed by atoms with van der Waals surface area (Å²) in [7, 11) is 1.70. The van der Waals surface area contributed by atoms with Crippen LogP contribution in [-0.4, -0.2) is 23.7 Å². The maximum absolute atomic E-state index is 10.1. The molecular weight excluding hydrogens is 200 g/mol. The Kier molecular flexibility index (Phi) is 3.50. The lowest BCUT2D eigenvalue weighted by Gasteiger charge is -2.27. The molecule has 3 nitrogen and oxygen atoms in total. The minimum atomic E-state index is -1.03. The van der Waals surface area contributed by atoms with Gasteiger partial charge in [0.1, 0.15) is 5.60 Å². The van der Waals surface area contributed by atoms with Gasteiger partial charge in [0.05, 0.1) is 0 Å². The zero-order valence-electron chi connectivity index (χ0n) is 8.37. The molecule has 14 heavy (non-hydrogen) atoms. The van der Waals surface area contributed by atoms with Crippen molar-refractivity contribution in [2.75, 3.05) is 13.6 Å². The van der Waals surface area contributed by atoms with Crippen molar-refractivity contribution >= 4 is 11.6 Å². The van der Waals surface area contributed by atoms with E-state index in [1.165, 1.54) is 5.01 Å². The molecule has 0 unspecified atom stereocenters. The van der Waals surface area contributed by atoms with Gasteiger partial charge in [-0.15, -0.1) is 0 Å². The number of aliphatic hydroxyl groups is 1. The minimum Gasteiger partial charge on any atom is -0.384 e. The van der Waals surface area contributed by atoms with Gasteiger partial charge < -0.3 is 5.11 Å². The molecule has 0 amide bonds. The van der Waals surface area contributed by atoms with Crippen LogP contribution in [0.2, 0.25) is 5.02 Å². The molecule has 0 saturated heterocycles. The Morgan fingerprint density at radius 1 is 1.50 bits per heavy atom. The van der Waals surface area contributed by atoms with Crippen LogP contribution in [0.4, 0.5) is 0 Å². The summed E-state index contributed by atoms with van der Waals surface area (Å²) in [4.78, 5) is 0. The van der Waals surface area contributed by atoms with Crippen LogP contribution in [0.5, 0.6) is 0 Å². The topological polar surface area (TPSA) is 49.5 Å². The van der Waals surface area contributed by atoms with E-state index in [0.717, 1.165) is 0 Å². The Labute approximate surface area is 89.1 Å². The smallest absolute Gasteiger partial charge is 0.102 e. The molecule has 1 rings (SSSR count). The molecule has 1 atom stereocenters. The lowest BCUT2D eigenvalue weighted by molar-refractivity contribution is 0.0235. The van der Waals surface area contributed by atoms with E-state index < -0.39 is 5.60 Å². The van der Waals surface area contributed by atoms with Crippen LogP contribution < -0.4 is 5.84 Å². The van der Waals surface area contributed by atoms with E-state index in [9.17, 15) is 5.11 Å². The molecule has 1 aromatic carbocycles. The van der Waals surface area contributed by atoms with E-state index in [4.69, 9.17) is 17.4 Å². The van der Waals surface area contributed by atoms with Crippen molar-refractivity contribution in [1.82, 2.24) is 5.01 Å². The van der Waals surface area contributed by atoms with Crippen molar-refractivity contribution < 1.29 is 5.11 Å². The third-order valence-electron chi connectivity index (χ3n) is 2.01.